The number of nitrogens with one attached hydrogen (secondary N) is 1. The molecule has 1 aliphatic heterocycles. The van der Waals surface area contributed by atoms with Crippen molar-refractivity contribution < 1.29 is 14.4 Å². The summed E-state index contributed by atoms with van der Waals surface area (Å²) in [5, 5.41) is 2.91. The number of carbonyl (C=O) groups excluding carboxylic acids is 3. The number of anilines is 1. The number of amides is 3. The van der Waals surface area contributed by atoms with Gasteiger partial charge >= 0.3 is 0 Å². The van der Waals surface area contributed by atoms with Crippen molar-refractivity contribution in [2.75, 3.05) is 5.32 Å². The molecule has 2 aromatic rings. The summed E-state index contributed by atoms with van der Waals surface area (Å²) in [6.07, 6.45) is 6.19. The Morgan fingerprint density at radius 3 is 2.06 bits per heavy atom. The van der Waals surface area contributed by atoms with Crippen molar-refractivity contribution in [3.8, 4) is 0 Å². The molecule has 2 fully saturated rings. The zero-order valence-corrected chi connectivity index (χ0v) is 17.5. The lowest BCUT2D eigenvalue weighted by atomic mass is 9.63. The molecule has 2 bridgehead atoms. The normalized spacial score (nSPS) is 27.3. The maximum Gasteiger partial charge on any atom is 0.234 e. The van der Waals surface area contributed by atoms with Gasteiger partial charge in [0.25, 0.3) is 0 Å². The van der Waals surface area contributed by atoms with E-state index >= 15 is 0 Å². The van der Waals surface area contributed by atoms with Crippen LogP contribution < -0.4 is 5.32 Å². The Morgan fingerprint density at radius 1 is 0.935 bits per heavy atom. The van der Waals surface area contributed by atoms with Gasteiger partial charge in [-0.3, -0.25) is 19.3 Å². The maximum absolute atomic E-state index is 13.5. The lowest BCUT2D eigenvalue weighted by molar-refractivity contribution is -0.143. The fourth-order valence-corrected chi connectivity index (χ4v) is 5.46. The van der Waals surface area contributed by atoms with E-state index in [1.54, 1.807) is 0 Å². The lowest BCUT2D eigenvalue weighted by Gasteiger charge is -2.38. The quantitative estimate of drug-likeness (QED) is 0.587. The van der Waals surface area contributed by atoms with Crippen molar-refractivity contribution in [1.82, 2.24) is 4.90 Å². The van der Waals surface area contributed by atoms with Gasteiger partial charge in [-0.2, -0.15) is 0 Å². The van der Waals surface area contributed by atoms with E-state index in [1.807, 2.05) is 61.5 Å². The highest BCUT2D eigenvalue weighted by molar-refractivity contribution is 6.07. The van der Waals surface area contributed by atoms with Gasteiger partial charge in [0, 0.05) is 5.69 Å². The topological polar surface area (TPSA) is 66.5 Å². The Morgan fingerprint density at radius 2 is 1.52 bits per heavy atom. The van der Waals surface area contributed by atoms with Crippen LogP contribution in [-0.2, 0) is 14.4 Å². The Kier molecular flexibility index (Phi) is 4.97. The summed E-state index contributed by atoms with van der Waals surface area (Å²) >= 11 is 0. The van der Waals surface area contributed by atoms with E-state index in [9.17, 15) is 14.4 Å². The smallest absolute Gasteiger partial charge is 0.234 e. The van der Waals surface area contributed by atoms with Crippen LogP contribution in [0, 0.1) is 30.6 Å². The average Bonchev–Trinajstić information content (AvgIpc) is 3.07. The van der Waals surface area contributed by atoms with E-state index in [2.05, 4.69) is 17.5 Å². The van der Waals surface area contributed by atoms with Gasteiger partial charge in [0.05, 0.1) is 24.3 Å². The highest BCUT2D eigenvalue weighted by Gasteiger charge is 2.58. The number of likely N-dealkylation sites (tertiary alicyclic amines) is 1. The van der Waals surface area contributed by atoms with Crippen LogP contribution >= 0.6 is 0 Å². The number of nitrogens with zero attached hydrogens (tertiary/aromatic N) is 1. The van der Waals surface area contributed by atoms with E-state index in [4.69, 9.17) is 0 Å². The van der Waals surface area contributed by atoms with Crippen molar-refractivity contribution in [2.24, 2.45) is 23.7 Å². The highest BCUT2D eigenvalue weighted by Crippen LogP contribution is 2.51. The summed E-state index contributed by atoms with van der Waals surface area (Å²) < 4.78 is 0. The summed E-state index contributed by atoms with van der Waals surface area (Å²) in [5.74, 6) is -0.736. The number of fused-ring (bicyclic) bond motifs is 1. The van der Waals surface area contributed by atoms with Crippen molar-refractivity contribution in [3.63, 3.8) is 0 Å². The van der Waals surface area contributed by atoms with Gasteiger partial charge in [-0.1, -0.05) is 60.2 Å². The maximum atomic E-state index is 13.5. The van der Waals surface area contributed by atoms with Gasteiger partial charge in [0.15, 0.2) is 0 Å². The molecule has 4 aliphatic rings. The molecular weight excluding hydrogens is 388 g/mol. The molecule has 5 atom stereocenters. The van der Waals surface area contributed by atoms with E-state index in [-0.39, 0.29) is 47.8 Å². The van der Waals surface area contributed by atoms with Crippen LogP contribution in [-0.4, -0.2) is 22.6 Å². The number of imide groups is 1. The van der Waals surface area contributed by atoms with Crippen molar-refractivity contribution in [1.29, 1.82) is 0 Å². The summed E-state index contributed by atoms with van der Waals surface area (Å²) in [4.78, 5) is 41.3. The molecule has 0 unspecified atom stereocenters. The van der Waals surface area contributed by atoms with E-state index in [1.165, 1.54) is 4.90 Å². The number of carbonyl (C=O) groups is 3. The SMILES string of the molecule is Cc1ccc(NC(=O)C[C@H](c2ccccc2)N2C(=O)[C@H]3[C@H](C2=O)[C@H]2C=C[C@H]3CC2)cc1. The number of rotatable bonds is 5. The molecule has 5 nitrogen and oxygen atoms in total. The first-order valence-electron chi connectivity index (χ1n) is 11.0. The molecule has 31 heavy (non-hydrogen) atoms. The lowest BCUT2D eigenvalue weighted by Crippen LogP contribution is -2.38. The zero-order chi connectivity index (χ0) is 21.5. The fraction of sp³-hybridized carbons (Fsp3) is 0.346. The third-order valence-corrected chi connectivity index (χ3v) is 7.00. The molecule has 1 heterocycles. The molecule has 0 radical (unpaired) electrons. The second kappa shape index (κ2) is 7.80. The minimum Gasteiger partial charge on any atom is -0.326 e. The predicted octanol–water partition coefficient (Wildman–Crippen LogP) is 4.26. The van der Waals surface area contributed by atoms with Crippen LogP contribution in [0.25, 0.3) is 0 Å². The number of hydrogen-bond acceptors (Lipinski definition) is 3. The summed E-state index contributed by atoms with van der Waals surface area (Å²) in [6.45, 7) is 1.99. The Balaban J connectivity index is 1.43. The Bertz CT molecular complexity index is 1010. The van der Waals surface area contributed by atoms with E-state index in [0.717, 1.165) is 24.0 Å². The van der Waals surface area contributed by atoms with Crippen LogP contribution in [0.15, 0.2) is 66.7 Å². The van der Waals surface area contributed by atoms with Crippen LogP contribution in [0.3, 0.4) is 0 Å². The van der Waals surface area contributed by atoms with Crippen LogP contribution in [0.4, 0.5) is 5.69 Å². The number of allylic oxidation sites excluding steroid dienone is 2. The third-order valence-electron chi connectivity index (χ3n) is 7.00. The van der Waals surface area contributed by atoms with Gasteiger partial charge in [-0.25, -0.2) is 0 Å². The predicted molar refractivity (Wildman–Crippen MR) is 118 cm³/mol. The van der Waals surface area contributed by atoms with Gasteiger partial charge in [-0.15, -0.1) is 0 Å². The molecule has 0 spiro atoms. The monoisotopic (exact) mass is 414 g/mol. The molecule has 2 aromatic carbocycles. The molecule has 6 rings (SSSR count). The molecule has 158 valence electrons. The first-order valence-corrected chi connectivity index (χ1v) is 11.0. The molecule has 3 amide bonds. The Labute approximate surface area is 182 Å². The van der Waals surface area contributed by atoms with Crippen LogP contribution in [0.2, 0.25) is 0 Å². The molecule has 1 N–H and O–H groups in total. The van der Waals surface area contributed by atoms with Gasteiger partial charge in [-0.05, 0) is 49.3 Å². The molecule has 1 saturated carbocycles. The molecule has 1 saturated heterocycles. The number of benzene rings is 2. The minimum atomic E-state index is -0.600. The average molecular weight is 415 g/mol. The van der Waals surface area contributed by atoms with E-state index < -0.39 is 6.04 Å². The second-order valence-electron chi connectivity index (χ2n) is 8.93. The van der Waals surface area contributed by atoms with E-state index in [0.29, 0.717) is 5.69 Å². The van der Waals surface area contributed by atoms with Gasteiger partial charge in [0.1, 0.15) is 0 Å². The second-order valence-corrected chi connectivity index (χ2v) is 8.93. The zero-order valence-electron chi connectivity index (χ0n) is 17.5. The first-order chi connectivity index (χ1) is 15.0. The van der Waals surface area contributed by atoms with Crippen LogP contribution in [0.5, 0.6) is 0 Å². The molecule has 0 aromatic heterocycles. The van der Waals surface area contributed by atoms with Crippen molar-refractivity contribution in [2.45, 2.75) is 32.2 Å². The van der Waals surface area contributed by atoms with Crippen molar-refractivity contribution in [3.05, 3.63) is 77.9 Å². The highest BCUT2D eigenvalue weighted by atomic mass is 16.2. The van der Waals surface area contributed by atoms with Gasteiger partial charge < -0.3 is 5.32 Å². The van der Waals surface area contributed by atoms with Crippen molar-refractivity contribution >= 4 is 23.4 Å². The largest absolute Gasteiger partial charge is 0.326 e. The number of aryl methyl sites for hydroxylation is 1. The molecule has 5 heteroatoms. The minimum absolute atomic E-state index is 0.0393. The summed E-state index contributed by atoms with van der Waals surface area (Å²) in [5.41, 5.74) is 2.62. The molecule has 3 aliphatic carbocycles. The molecular formula is C26H26N2O3. The third kappa shape index (κ3) is 3.48. The summed E-state index contributed by atoms with van der Waals surface area (Å²) in [6, 6.07) is 16.4. The standard InChI is InChI=1S/C26H26N2O3/c1-16-7-13-20(14-8-16)27-22(29)15-21(17-5-3-2-4-6-17)28-25(30)23-18-9-10-19(12-11-18)24(23)26(28)31/h2-10,13-14,18-19,21,23-24H,11-12,15H2,1H3,(H,27,29)/t18-,19-,21+,23+,24+/m0/s1. The fourth-order valence-electron chi connectivity index (χ4n) is 5.46. The first kappa shape index (κ1) is 19.7. The summed E-state index contributed by atoms with van der Waals surface area (Å²) in [7, 11) is 0. The Hall–Kier alpha value is -3.21. The van der Waals surface area contributed by atoms with Crippen LogP contribution in [0.1, 0.15) is 36.4 Å². The number of hydrogen-bond donors (Lipinski definition) is 1. The van der Waals surface area contributed by atoms with Gasteiger partial charge in [0.2, 0.25) is 17.7 Å².